The first-order valence-corrected chi connectivity index (χ1v) is 6.44. The van der Waals surface area contributed by atoms with E-state index in [4.69, 9.17) is 0 Å². The minimum atomic E-state index is -0.276. The first-order valence-electron chi connectivity index (χ1n) is 6.44. The van der Waals surface area contributed by atoms with Crippen molar-refractivity contribution in [3.8, 4) is 0 Å². The number of nitrogens with one attached hydrogen (secondary N) is 2. The van der Waals surface area contributed by atoms with Gasteiger partial charge in [-0.05, 0) is 23.8 Å². The molecule has 102 valence electrons. The number of rotatable bonds is 3. The summed E-state index contributed by atoms with van der Waals surface area (Å²) in [5.74, 6) is -0.426. The van der Waals surface area contributed by atoms with Crippen molar-refractivity contribution < 1.29 is 14.1 Å². The molecule has 0 aliphatic carbocycles. The molecule has 5 heteroatoms. The molecule has 1 aliphatic rings. The minimum Gasteiger partial charge on any atom is -0.335 e. The number of hydrogen-bond donors (Lipinski definition) is 2. The molecule has 1 fully saturated rings. The molecule has 0 atom stereocenters. The average Bonchev–Trinajstić information content (AvgIpc) is 2.41. The molecule has 1 aliphatic heterocycles. The largest absolute Gasteiger partial charge is 0.335 e. The van der Waals surface area contributed by atoms with Gasteiger partial charge in [0.05, 0.1) is 33.2 Å². The molecule has 1 aromatic carbocycles. The summed E-state index contributed by atoms with van der Waals surface area (Å²) in [7, 11) is 2.15. The Morgan fingerprint density at radius 1 is 1.32 bits per heavy atom. The molecular weight excluding hydrogens is 245 g/mol. The molecule has 1 aromatic rings. The zero-order valence-electron chi connectivity index (χ0n) is 11.0. The summed E-state index contributed by atoms with van der Waals surface area (Å²) >= 11 is 0. The minimum absolute atomic E-state index is 0.149. The van der Waals surface area contributed by atoms with E-state index < -0.39 is 0 Å². The van der Waals surface area contributed by atoms with E-state index in [1.165, 1.54) is 23.1 Å². The van der Waals surface area contributed by atoms with Gasteiger partial charge in [0.1, 0.15) is 5.82 Å². The fraction of sp³-hybridized carbons (Fsp3) is 0.357. The smallest absolute Gasteiger partial charge is 0.258 e. The number of carbonyl (C=O) groups excluding carboxylic acids is 1. The van der Waals surface area contributed by atoms with E-state index in [0.29, 0.717) is 0 Å². The zero-order chi connectivity index (χ0) is 13.7. The molecule has 1 amide bonds. The molecule has 1 saturated heterocycles. The Balaban J connectivity index is 1.82. The highest BCUT2D eigenvalue weighted by Crippen LogP contribution is 2.04. The Labute approximate surface area is 112 Å². The van der Waals surface area contributed by atoms with Gasteiger partial charge >= 0.3 is 0 Å². The van der Waals surface area contributed by atoms with E-state index >= 15 is 0 Å². The number of carbonyl (C=O) groups is 1. The number of amides is 1. The molecule has 4 nitrogen and oxygen atoms in total. The quantitative estimate of drug-likeness (QED) is 0.736. The molecule has 19 heavy (non-hydrogen) atoms. The van der Waals surface area contributed by atoms with Gasteiger partial charge in [0, 0.05) is 6.08 Å². The molecule has 0 radical (unpaired) electrons. The van der Waals surface area contributed by atoms with Gasteiger partial charge < -0.3 is 4.90 Å². The summed E-state index contributed by atoms with van der Waals surface area (Å²) in [6.07, 6.45) is 3.15. The fourth-order valence-corrected chi connectivity index (χ4v) is 1.94. The van der Waals surface area contributed by atoms with Crippen LogP contribution in [0.25, 0.3) is 6.08 Å². The van der Waals surface area contributed by atoms with Crippen molar-refractivity contribution in [2.75, 3.05) is 33.2 Å². The Hall–Kier alpha value is -1.72. The van der Waals surface area contributed by atoms with E-state index in [1.54, 1.807) is 18.2 Å². The van der Waals surface area contributed by atoms with Gasteiger partial charge in [0.25, 0.3) is 5.91 Å². The van der Waals surface area contributed by atoms with Gasteiger partial charge in [-0.1, -0.05) is 12.1 Å². The Bertz CT molecular complexity index is 450. The third-order valence-electron chi connectivity index (χ3n) is 3.18. The third-order valence-corrected chi connectivity index (χ3v) is 3.18. The summed E-state index contributed by atoms with van der Waals surface area (Å²) in [5, 5.41) is 1.93. The van der Waals surface area contributed by atoms with Gasteiger partial charge in [0.15, 0.2) is 0 Å². The zero-order valence-corrected chi connectivity index (χ0v) is 11.0. The predicted molar refractivity (Wildman–Crippen MR) is 71.8 cm³/mol. The van der Waals surface area contributed by atoms with E-state index in [-0.39, 0.29) is 11.7 Å². The molecule has 0 bridgehead atoms. The van der Waals surface area contributed by atoms with E-state index in [1.807, 2.05) is 5.01 Å². The highest BCUT2D eigenvalue weighted by Gasteiger charge is 2.16. The number of quaternary nitrogens is 1. The lowest BCUT2D eigenvalue weighted by Crippen LogP contribution is -3.12. The molecule has 0 saturated carbocycles. The van der Waals surface area contributed by atoms with Gasteiger partial charge in [-0.25, -0.2) is 9.40 Å². The summed E-state index contributed by atoms with van der Waals surface area (Å²) in [6.45, 7) is 3.79. The number of benzene rings is 1. The second-order valence-electron chi connectivity index (χ2n) is 4.81. The maximum Gasteiger partial charge on any atom is 0.258 e. The Morgan fingerprint density at radius 2 is 1.95 bits per heavy atom. The van der Waals surface area contributed by atoms with E-state index in [2.05, 4.69) is 12.5 Å². The topological polar surface area (TPSA) is 36.8 Å². The lowest BCUT2D eigenvalue weighted by molar-refractivity contribution is -0.884. The SMILES string of the molecule is C[NH+]1CCN(NC(=O)/C=C/c2ccc(F)cc2)CC1. The van der Waals surface area contributed by atoms with Crippen LogP contribution in [-0.4, -0.2) is 44.1 Å². The predicted octanol–water partition coefficient (Wildman–Crippen LogP) is -0.300. The Morgan fingerprint density at radius 3 is 2.58 bits per heavy atom. The third kappa shape index (κ3) is 4.46. The van der Waals surface area contributed by atoms with Crippen molar-refractivity contribution in [1.82, 2.24) is 10.4 Å². The molecular formula is C14H19FN3O+. The number of likely N-dealkylation sites (N-methyl/N-ethyl adjacent to an activating group) is 1. The number of hydrazine groups is 1. The van der Waals surface area contributed by atoms with Crippen LogP contribution in [0.4, 0.5) is 4.39 Å². The first kappa shape index (κ1) is 13.7. The number of piperazine rings is 1. The van der Waals surface area contributed by atoms with Gasteiger partial charge in [0.2, 0.25) is 0 Å². The van der Waals surface area contributed by atoms with Crippen LogP contribution in [-0.2, 0) is 4.79 Å². The second-order valence-corrected chi connectivity index (χ2v) is 4.81. The number of hydrogen-bond acceptors (Lipinski definition) is 2. The highest BCUT2D eigenvalue weighted by atomic mass is 19.1. The number of halogens is 1. The first-order chi connectivity index (χ1) is 9.13. The van der Waals surface area contributed by atoms with Crippen molar-refractivity contribution in [3.63, 3.8) is 0 Å². The lowest BCUT2D eigenvalue weighted by atomic mass is 10.2. The van der Waals surface area contributed by atoms with Crippen LogP contribution in [0.1, 0.15) is 5.56 Å². The second kappa shape index (κ2) is 6.45. The van der Waals surface area contributed by atoms with Crippen LogP contribution in [0.3, 0.4) is 0 Å². The lowest BCUT2D eigenvalue weighted by Gasteiger charge is -2.29. The summed E-state index contributed by atoms with van der Waals surface area (Å²) < 4.78 is 12.7. The van der Waals surface area contributed by atoms with Crippen molar-refractivity contribution >= 4 is 12.0 Å². The molecule has 1 heterocycles. The van der Waals surface area contributed by atoms with Crippen LogP contribution in [0.15, 0.2) is 30.3 Å². The van der Waals surface area contributed by atoms with Crippen LogP contribution >= 0.6 is 0 Å². The van der Waals surface area contributed by atoms with Crippen molar-refractivity contribution in [2.24, 2.45) is 0 Å². The maximum atomic E-state index is 12.7. The monoisotopic (exact) mass is 264 g/mol. The van der Waals surface area contributed by atoms with Gasteiger partial charge in [-0.15, -0.1) is 0 Å². The van der Waals surface area contributed by atoms with Crippen molar-refractivity contribution in [3.05, 3.63) is 41.7 Å². The van der Waals surface area contributed by atoms with Crippen molar-refractivity contribution in [1.29, 1.82) is 0 Å². The van der Waals surface area contributed by atoms with Crippen LogP contribution < -0.4 is 10.3 Å². The Kier molecular flexibility index (Phi) is 4.65. The van der Waals surface area contributed by atoms with Crippen molar-refractivity contribution in [2.45, 2.75) is 0 Å². The average molecular weight is 264 g/mol. The molecule has 0 spiro atoms. The summed E-state index contributed by atoms with van der Waals surface area (Å²) in [5.41, 5.74) is 3.65. The summed E-state index contributed by atoms with van der Waals surface area (Å²) in [6, 6.07) is 6.03. The highest BCUT2D eigenvalue weighted by molar-refractivity contribution is 5.91. The molecule has 2 N–H and O–H groups in total. The van der Waals surface area contributed by atoms with Crippen LogP contribution in [0.2, 0.25) is 0 Å². The normalized spacial score (nSPS) is 17.8. The number of nitrogens with zero attached hydrogens (tertiary/aromatic N) is 1. The molecule has 2 rings (SSSR count). The van der Waals surface area contributed by atoms with E-state index in [0.717, 1.165) is 31.7 Å². The van der Waals surface area contributed by atoms with Gasteiger partial charge in [-0.3, -0.25) is 10.2 Å². The fourth-order valence-electron chi connectivity index (χ4n) is 1.94. The van der Waals surface area contributed by atoms with Crippen LogP contribution in [0, 0.1) is 5.82 Å². The van der Waals surface area contributed by atoms with Crippen LogP contribution in [0.5, 0.6) is 0 Å². The maximum absolute atomic E-state index is 12.7. The van der Waals surface area contributed by atoms with E-state index in [9.17, 15) is 9.18 Å². The summed E-state index contributed by atoms with van der Waals surface area (Å²) in [4.78, 5) is 13.2. The molecule has 0 aromatic heterocycles. The standard InChI is InChI=1S/C14H18FN3O/c1-17-8-10-18(11-9-17)16-14(19)7-4-12-2-5-13(15)6-3-12/h2-7H,8-11H2,1H3,(H,16,19)/p+1/b7-4+. The van der Waals surface area contributed by atoms with Gasteiger partial charge in [-0.2, -0.15) is 0 Å². The molecule has 0 unspecified atom stereocenters.